The van der Waals surface area contributed by atoms with Gasteiger partial charge in [0.2, 0.25) is 0 Å². The van der Waals surface area contributed by atoms with Crippen LogP contribution in [0.2, 0.25) is 0 Å². The zero-order valence-electron chi connectivity index (χ0n) is 11.1. The van der Waals surface area contributed by atoms with Crippen LogP contribution < -0.4 is 5.73 Å². The fraction of sp³-hybridized carbons (Fsp3) is 1.00. The molecule has 17 heavy (non-hydrogen) atoms. The van der Waals surface area contributed by atoms with Crippen LogP contribution in [0.3, 0.4) is 0 Å². The zero-order chi connectivity index (χ0) is 11.7. The van der Waals surface area contributed by atoms with Crippen LogP contribution in [0.1, 0.15) is 57.8 Å². The van der Waals surface area contributed by atoms with Crippen LogP contribution in [0.4, 0.5) is 0 Å². The van der Waals surface area contributed by atoms with Gasteiger partial charge in [0.15, 0.2) is 0 Å². The quantitative estimate of drug-likeness (QED) is 0.813. The molecule has 0 aromatic carbocycles. The Labute approximate surface area is 106 Å². The summed E-state index contributed by atoms with van der Waals surface area (Å²) in [4.78, 5) is 2.84. The highest BCUT2D eigenvalue weighted by Gasteiger charge is 2.43. The molecule has 0 aromatic rings. The molecule has 0 aromatic heterocycles. The molecule has 2 N–H and O–H groups in total. The molecule has 3 aliphatic rings. The minimum atomic E-state index is 0.852. The Bertz CT molecular complexity index is 247. The minimum Gasteiger partial charge on any atom is -0.329 e. The molecule has 2 nitrogen and oxygen atoms in total. The molecule has 0 radical (unpaired) electrons. The molecule has 0 saturated heterocycles. The summed E-state index contributed by atoms with van der Waals surface area (Å²) < 4.78 is 0. The first kappa shape index (κ1) is 12.0. The average molecular weight is 236 g/mol. The predicted octanol–water partition coefficient (Wildman–Crippen LogP) is 2.77. The molecule has 0 spiro atoms. The minimum absolute atomic E-state index is 0.852. The number of hydrogen-bond acceptors (Lipinski definition) is 2. The molecule has 3 atom stereocenters. The van der Waals surface area contributed by atoms with E-state index in [4.69, 9.17) is 5.73 Å². The number of nitrogens with two attached hydrogens (primary N) is 1. The molecule has 3 fully saturated rings. The Balaban J connectivity index is 1.66. The van der Waals surface area contributed by atoms with Crippen molar-refractivity contribution in [2.75, 3.05) is 13.1 Å². The van der Waals surface area contributed by atoms with Crippen molar-refractivity contribution in [1.82, 2.24) is 4.90 Å². The van der Waals surface area contributed by atoms with E-state index in [0.717, 1.165) is 37.0 Å². The molecule has 0 amide bonds. The van der Waals surface area contributed by atoms with E-state index < -0.39 is 0 Å². The van der Waals surface area contributed by atoms with Gasteiger partial charge in [-0.2, -0.15) is 0 Å². The largest absolute Gasteiger partial charge is 0.329 e. The van der Waals surface area contributed by atoms with Crippen LogP contribution in [0.15, 0.2) is 0 Å². The Morgan fingerprint density at radius 2 is 1.76 bits per heavy atom. The van der Waals surface area contributed by atoms with Gasteiger partial charge in [0.25, 0.3) is 0 Å². The van der Waals surface area contributed by atoms with E-state index in [2.05, 4.69) is 4.90 Å². The van der Waals surface area contributed by atoms with Crippen molar-refractivity contribution in [2.45, 2.75) is 69.9 Å². The number of fused-ring (bicyclic) bond motifs is 2. The lowest BCUT2D eigenvalue weighted by molar-refractivity contribution is 0.0745. The number of hydrogen-bond donors (Lipinski definition) is 1. The van der Waals surface area contributed by atoms with E-state index in [1.54, 1.807) is 0 Å². The second-order valence-corrected chi connectivity index (χ2v) is 6.56. The van der Waals surface area contributed by atoms with E-state index in [9.17, 15) is 0 Å². The van der Waals surface area contributed by atoms with Gasteiger partial charge < -0.3 is 5.73 Å². The zero-order valence-corrected chi connectivity index (χ0v) is 11.1. The Morgan fingerprint density at radius 3 is 2.35 bits per heavy atom. The highest BCUT2D eigenvalue weighted by atomic mass is 15.2. The molecule has 3 saturated carbocycles. The summed E-state index contributed by atoms with van der Waals surface area (Å²) in [6.07, 6.45) is 13.3. The first-order chi connectivity index (χ1) is 8.38. The van der Waals surface area contributed by atoms with E-state index in [0.29, 0.717) is 0 Å². The van der Waals surface area contributed by atoms with Gasteiger partial charge in [0, 0.05) is 25.2 Å². The highest BCUT2D eigenvalue weighted by Crippen LogP contribution is 2.47. The Kier molecular flexibility index (Phi) is 3.72. The molecule has 0 aliphatic heterocycles. The summed E-state index contributed by atoms with van der Waals surface area (Å²) >= 11 is 0. The second-order valence-electron chi connectivity index (χ2n) is 6.56. The third-order valence-corrected chi connectivity index (χ3v) is 5.56. The maximum Gasteiger partial charge on any atom is 0.0130 e. The van der Waals surface area contributed by atoms with Crippen molar-refractivity contribution in [3.63, 3.8) is 0 Å². The van der Waals surface area contributed by atoms with E-state index in [1.807, 2.05) is 0 Å². The summed E-state index contributed by atoms with van der Waals surface area (Å²) in [5.74, 6) is 2.09. The van der Waals surface area contributed by atoms with Crippen LogP contribution in [-0.2, 0) is 0 Å². The van der Waals surface area contributed by atoms with Crippen molar-refractivity contribution in [3.8, 4) is 0 Å². The third-order valence-electron chi connectivity index (χ3n) is 5.56. The smallest absolute Gasteiger partial charge is 0.0130 e. The highest BCUT2D eigenvalue weighted by molar-refractivity contribution is 4.97. The monoisotopic (exact) mass is 236 g/mol. The second kappa shape index (κ2) is 5.27. The summed E-state index contributed by atoms with van der Waals surface area (Å²) in [5.41, 5.74) is 5.86. The van der Waals surface area contributed by atoms with Crippen LogP contribution in [-0.4, -0.2) is 30.1 Å². The molecule has 2 heteroatoms. The van der Waals surface area contributed by atoms with Gasteiger partial charge in [-0.3, -0.25) is 4.90 Å². The van der Waals surface area contributed by atoms with Crippen LogP contribution >= 0.6 is 0 Å². The third kappa shape index (κ3) is 2.39. The molecule has 0 heterocycles. The first-order valence-corrected chi connectivity index (χ1v) is 7.84. The van der Waals surface area contributed by atoms with Crippen molar-refractivity contribution >= 4 is 0 Å². The Morgan fingerprint density at radius 1 is 0.941 bits per heavy atom. The molecule has 3 rings (SSSR count). The maximum absolute atomic E-state index is 5.86. The van der Waals surface area contributed by atoms with Crippen molar-refractivity contribution < 1.29 is 0 Å². The lowest BCUT2D eigenvalue weighted by atomic mass is 9.88. The standard InChI is InChI=1S/C15H28N2/c16-8-9-17(14-4-2-1-3-5-14)15-11-12-6-7-13(15)10-12/h12-15H,1-11,16H2. The SMILES string of the molecule is NCCN(C1CCCCC1)C1CC2CCC1C2. The van der Waals surface area contributed by atoms with Crippen molar-refractivity contribution in [2.24, 2.45) is 17.6 Å². The van der Waals surface area contributed by atoms with Gasteiger partial charge in [0.05, 0.1) is 0 Å². The van der Waals surface area contributed by atoms with Crippen LogP contribution in [0.5, 0.6) is 0 Å². The topological polar surface area (TPSA) is 29.3 Å². The van der Waals surface area contributed by atoms with Crippen molar-refractivity contribution in [3.05, 3.63) is 0 Å². The lowest BCUT2D eigenvalue weighted by Crippen LogP contribution is -2.48. The van der Waals surface area contributed by atoms with Gasteiger partial charge in [-0.15, -0.1) is 0 Å². The van der Waals surface area contributed by atoms with Gasteiger partial charge in [-0.25, -0.2) is 0 Å². The van der Waals surface area contributed by atoms with Crippen LogP contribution in [0.25, 0.3) is 0 Å². The summed E-state index contributed by atoms with van der Waals surface area (Å²) in [5, 5.41) is 0. The Hall–Kier alpha value is -0.0800. The summed E-state index contributed by atoms with van der Waals surface area (Å²) in [6, 6.07) is 1.78. The summed E-state index contributed by atoms with van der Waals surface area (Å²) in [7, 11) is 0. The molecule has 3 unspecified atom stereocenters. The fourth-order valence-electron chi connectivity index (χ4n) is 4.80. The first-order valence-electron chi connectivity index (χ1n) is 7.84. The predicted molar refractivity (Wildman–Crippen MR) is 71.9 cm³/mol. The van der Waals surface area contributed by atoms with Crippen molar-refractivity contribution in [1.29, 1.82) is 0 Å². The van der Waals surface area contributed by atoms with Gasteiger partial charge >= 0.3 is 0 Å². The average Bonchev–Trinajstić information content (AvgIpc) is 2.99. The van der Waals surface area contributed by atoms with E-state index >= 15 is 0 Å². The summed E-state index contributed by atoms with van der Waals surface area (Å²) in [6.45, 7) is 2.00. The van der Waals surface area contributed by atoms with Crippen LogP contribution in [0, 0.1) is 11.8 Å². The fourth-order valence-corrected chi connectivity index (χ4v) is 4.80. The molecular formula is C15H28N2. The molecular weight excluding hydrogens is 208 g/mol. The maximum atomic E-state index is 5.86. The molecule has 98 valence electrons. The van der Waals surface area contributed by atoms with Gasteiger partial charge in [-0.1, -0.05) is 25.7 Å². The molecule has 2 bridgehead atoms. The number of rotatable bonds is 4. The van der Waals surface area contributed by atoms with Gasteiger partial charge in [-0.05, 0) is 43.9 Å². The normalized spacial score (nSPS) is 38.1. The molecule has 3 aliphatic carbocycles. The van der Waals surface area contributed by atoms with Gasteiger partial charge in [0.1, 0.15) is 0 Å². The van der Waals surface area contributed by atoms with E-state index in [1.165, 1.54) is 57.8 Å². The lowest BCUT2D eigenvalue weighted by Gasteiger charge is -2.41. The van der Waals surface area contributed by atoms with E-state index in [-0.39, 0.29) is 0 Å². The number of nitrogens with zero attached hydrogens (tertiary/aromatic N) is 1.